The number of rotatable bonds is 11. The van der Waals surface area contributed by atoms with Crippen LogP contribution in [0.1, 0.15) is 48.5 Å². The molecule has 0 saturated carbocycles. The molecule has 5 heteroatoms. The van der Waals surface area contributed by atoms with Crippen LogP contribution in [0, 0.1) is 0 Å². The van der Waals surface area contributed by atoms with E-state index in [1.54, 1.807) is 30.5 Å². The van der Waals surface area contributed by atoms with Crippen molar-refractivity contribution < 1.29 is 14.3 Å². The summed E-state index contributed by atoms with van der Waals surface area (Å²) in [5.41, 5.74) is 3.31. The molecule has 0 amide bonds. The fourth-order valence-corrected chi connectivity index (χ4v) is 3.18. The summed E-state index contributed by atoms with van der Waals surface area (Å²) in [7, 11) is 3.91. The number of ether oxygens (including phenoxy) is 2. The third kappa shape index (κ3) is 7.79. The molecule has 0 heterocycles. The van der Waals surface area contributed by atoms with Crippen LogP contribution in [0.4, 0.5) is 11.4 Å². The molecule has 0 bridgehead atoms. The molecule has 0 N–H and O–H groups in total. The molecule has 0 spiro atoms. The summed E-state index contributed by atoms with van der Waals surface area (Å²) >= 11 is 0. The van der Waals surface area contributed by atoms with E-state index in [0.717, 1.165) is 35.7 Å². The minimum absolute atomic E-state index is 0.380. The highest BCUT2D eigenvalue weighted by Crippen LogP contribution is 2.20. The molecule has 172 valence electrons. The molecule has 3 rings (SSSR count). The molecule has 0 radical (unpaired) electrons. The van der Waals surface area contributed by atoms with Crippen molar-refractivity contribution in [1.29, 1.82) is 0 Å². The maximum atomic E-state index is 12.4. The number of nitrogens with zero attached hydrogens (tertiary/aromatic N) is 2. The van der Waals surface area contributed by atoms with Crippen LogP contribution in [0.25, 0.3) is 0 Å². The van der Waals surface area contributed by atoms with Gasteiger partial charge in [0.1, 0.15) is 11.5 Å². The second-order valence-electron chi connectivity index (χ2n) is 8.06. The Labute approximate surface area is 196 Å². The average molecular weight is 445 g/mol. The highest BCUT2D eigenvalue weighted by Gasteiger charge is 2.09. The van der Waals surface area contributed by atoms with Crippen LogP contribution in [0.5, 0.6) is 11.5 Å². The number of carbonyl (C=O) groups is 1. The first-order valence-electron chi connectivity index (χ1n) is 11.4. The second kappa shape index (κ2) is 12.4. The lowest BCUT2D eigenvalue weighted by Gasteiger charge is -2.12. The topological polar surface area (TPSA) is 51.1 Å². The molecular weight excluding hydrogens is 412 g/mol. The molecular formula is C28H32N2O3. The van der Waals surface area contributed by atoms with Gasteiger partial charge < -0.3 is 14.4 Å². The number of carbonyl (C=O) groups excluding carboxylic acids is 1. The van der Waals surface area contributed by atoms with Crippen LogP contribution in [0.2, 0.25) is 0 Å². The van der Waals surface area contributed by atoms with E-state index >= 15 is 0 Å². The van der Waals surface area contributed by atoms with E-state index in [0.29, 0.717) is 11.3 Å². The zero-order valence-electron chi connectivity index (χ0n) is 19.7. The summed E-state index contributed by atoms with van der Waals surface area (Å²) in [5.74, 6) is 0.983. The molecule has 0 aromatic heterocycles. The Morgan fingerprint density at radius 3 is 2.15 bits per heavy atom. The van der Waals surface area contributed by atoms with Gasteiger partial charge in [-0.3, -0.25) is 4.99 Å². The lowest BCUT2D eigenvalue weighted by molar-refractivity contribution is 0.0735. The molecule has 0 unspecified atom stereocenters. The molecule has 33 heavy (non-hydrogen) atoms. The van der Waals surface area contributed by atoms with E-state index in [4.69, 9.17) is 9.47 Å². The van der Waals surface area contributed by atoms with Crippen molar-refractivity contribution in [2.24, 2.45) is 4.99 Å². The smallest absolute Gasteiger partial charge is 0.343 e. The van der Waals surface area contributed by atoms with Crippen molar-refractivity contribution in [2.45, 2.75) is 32.6 Å². The summed E-state index contributed by atoms with van der Waals surface area (Å²) in [6, 6.07) is 22.4. The average Bonchev–Trinajstić information content (AvgIpc) is 2.84. The molecule has 0 atom stereocenters. The van der Waals surface area contributed by atoms with Crippen LogP contribution in [-0.4, -0.2) is 32.9 Å². The number of aliphatic imine (C=N–C) groups is 1. The van der Waals surface area contributed by atoms with Crippen LogP contribution >= 0.6 is 0 Å². The zero-order chi connectivity index (χ0) is 23.5. The predicted molar refractivity (Wildman–Crippen MR) is 136 cm³/mol. The van der Waals surface area contributed by atoms with Crippen LogP contribution in [-0.2, 0) is 0 Å². The van der Waals surface area contributed by atoms with Crippen LogP contribution < -0.4 is 14.4 Å². The monoisotopic (exact) mass is 444 g/mol. The van der Waals surface area contributed by atoms with Crippen LogP contribution in [0.15, 0.2) is 77.8 Å². The minimum atomic E-state index is -0.380. The Balaban J connectivity index is 1.50. The molecule has 0 aliphatic carbocycles. The normalized spacial score (nSPS) is 10.9. The van der Waals surface area contributed by atoms with Crippen LogP contribution in [0.3, 0.4) is 0 Å². The van der Waals surface area contributed by atoms with E-state index in [1.807, 2.05) is 67.5 Å². The lowest BCUT2D eigenvalue weighted by Crippen LogP contribution is -2.11. The highest BCUT2D eigenvalue weighted by atomic mass is 16.5. The SMILES string of the molecule is CCCCCCOc1ccc(N=Cc2ccc(OC(=O)c3ccc(N(C)C)cc3)cc2)cc1. The predicted octanol–water partition coefficient (Wildman–Crippen LogP) is 6.68. The van der Waals surface area contributed by atoms with Gasteiger partial charge in [0.15, 0.2) is 0 Å². The molecule has 0 fully saturated rings. The molecule has 5 nitrogen and oxygen atoms in total. The number of esters is 1. The van der Waals surface area contributed by atoms with E-state index < -0.39 is 0 Å². The summed E-state index contributed by atoms with van der Waals surface area (Å²) in [6.07, 6.45) is 6.56. The van der Waals surface area contributed by atoms with Gasteiger partial charge in [-0.05, 0) is 84.8 Å². The van der Waals surface area contributed by atoms with Crippen molar-refractivity contribution in [3.05, 3.63) is 83.9 Å². The first kappa shape index (κ1) is 24.1. The first-order chi connectivity index (χ1) is 16.0. The van der Waals surface area contributed by atoms with Gasteiger partial charge in [0.2, 0.25) is 0 Å². The molecule has 0 saturated heterocycles. The number of anilines is 1. The highest BCUT2D eigenvalue weighted by molar-refractivity contribution is 5.91. The molecule has 3 aromatic rings. The number of unbranched alkanes of at least 4 members (excludes halogenated alkanes) is 3. The zero-order valence-corrected chi connectivity index (χ0v) is 19.7. The van der Waals surface area contributed by atoms with Crippen molar-refractivity contribution in [1.82, 2.24) is 0 Å². The van der Waals surface area contributed by atoms with E-state index in [-0.39, 0.29) is 5.97 Å². The summed E-state index contributed by atoms with van der Waals surface area (Å²) < 4.78 is 11.2. The Kier molecular flexibility index (Phi) is 9.07. The second-order valence-corrected chi connectivity index (χ2v) is 8.06. The number of hydrogen-bond acceptors (Lipinski definition) is 5. The summed E-state index contributed by atoms with van der Waals surface area (Å²) in [5, 5.41) is 0. The lowest BCUT2D eigenvalue weighted by atomic mass is 10.2. The van der Waals surface area contributed by atoms with Gasteiger partial charge in [0.05, 0.1) is 17.9 Å². The standard InChI is InChI=1S/C28H32N2O3/c1-4-5-6-7-20-32-26-18-12-24(13-19-26)29-21-22-8-16-27(17-9-22)33-28(31)23-10-14-25(15-11-23)30(2)3/h8-19,21H,4-7,20H2,1-3H3. The van der Waals surface area contributed by atoms with E-state index in [1.165, 1.54) is 19.3 Å². The van der Waals surface area contributed by atoms with Gasteiger partial charge in [-0.2, -0.15) is 0 Å². The Bertz CT molecular complexity index is 1020. The fraction of sp³-hybridized carbons (Fsp3) is 0.286. The van der Waals surface area contributed by atoms with Crippen molar-refractivity contribution in [3.63, 3.8) is 0 Å². The first-order valence-corrected chi connectivity index (χ1v) is 11.4. The van der Waals surface area contributed by atoms with Gasteiger partial charge in [0, 0.05) is 26.0 Å². The van der Waals surface area contributed by atoms with E-state index in [2.05, 4.69) is 11.9 Å². The molecule has 3 aromatic carbocycles. The third-order valence-corrected chi connectivity index (χ3v) is 5.18. The number of benzene rings is 3. The van der Waals surface area contributed by atoms with Crippen molar-refractivity contribution in [3.8, 4) is 11.5 Å². The third-order valence-electron chi connectivity index (χ3n) is 5.18. The van der Waals surface area contributed by atoms with Gasteiger partial charge in [-0.25, -0.2) is 4.79 Å². The Hall–Kier alpha value is -3.60. The maximum Gasteiger partial charge on any atom is 0.343 e. The van der Waals surface area contributed by atoms with Crippen molar-refractivity contribution in [2.75, 3.05) is 25.6 Å². The quantitative estimate of drug-likeness (QED) is 0.143. The minimum Gasteiger partial charge on any atom is -0.494 e. The Morgan fingerprint density at radius 2 is 1.52 bits per heavy atom. The number of hydrogen-bond donors (Lipinski definition) is 0. The molecule has 0 aliphatic heterocycles. The molecule has 0 aliphatic rings. The largest absolute Gasteiger partial charge is 0.494 e. The van der Waals surface area contributed by atoms with Gasteiger partial charge in [0.25, 0.3) is 0 Å². The Morgan fingerprint density at radius 1 is 0.848 bits per heavy atom. The van der Waals surface area contributed by atoms with Crippen molar-refractivity contribution >= 4 is 23.6 Å². The summed E-state index contributed by atoms with van der Waals surface area (Å²) in [4.78, 5) is 18.8. The fourth-order valence-electron chi connectivity index (χ4n) is 3.18. The van der Waals surface area contributed by atoms with Gasteiger partial charge >= 0.3 is 5.97 Å². The maximum absolute atomic E-state index is 12.4. The summed E-state index contributed by atoms with van der Waals surface area (Å²) in [6.45, 7) is 2.96. The van der Waals surface area contributed by atoms with E-state index in [9.17, 15) is 4.79 Å². The van der Waals surface area contributed by atoms with Gasteiger partial charge in [-0.15, -0.1) is 0 Å². The van der Waals surface area contributed by atoms with Gasteiger partial charge in [-0.1, -0.05) is 26.2 Å².